The second-order valence-electron chi connectivity index (χ2n) is 9.52. The lowest BCUT2D eigenvalue weighted by Gasteiger charge is -2.17. The topological polar surface area (TPSA) is 0 Å². The van der Waals surface area contributed by atoms with E-state index in [4.69, 9.17) is 0 Å². The van der Waals surface area contributed by atoms with Crippen LogP contribution in [0.15, 0.2) is 15.2 Å². The SMILES string of the molecule is CCCCCCCCCCCCC(CCCCCCCCCC)Cc1ccsc1Br. The molecular weight excluding hydrogens is 448 g/mol. The van der Waals surface area contributed by atoms with Crippen LogP contribution in [0.25, 0.3) is 0 Å². The van der Waals surface area contributed by atoms with Gasteiger partial charge in [-0.05, 0) is 45.3 Å². The van der Waals surface area contributed by atoms with Crippen molar-refractivity contribution in [1.29, 1.82) is 0 Å². The van der Waals surface area contributed by atoms with Crippen LogP contribution in [0.5, 0.6) is 0 Å². The molecule has 0 saturated heterocycles. The Morgan fingerprint density at radius 2 is 1.03 bits per heavy atom. The van der Waals surface area contributed by atoms with Crippen LogP contribution in [0, 0.1) is 5.92 Å². The number of hydrogen-bond acceptors (Lipinski definition) is 1. The quantitative estimate of drug-likeness (QED) is 0.139. The van der Waals surface area contributed by atoms with Crippen molar-refractivity contribution in [2.45, 2.75) is 149 Å². The highest BCUT2D eigenvalue weighted by Gasteiger charge is 2.12. The smallest absolute Gasteiger partial charge is 0.0730 e. The molecule has 0 nitrogen and oxygen atoms in total. The monoisotopic (exact) mass is 498 g/mol. The van der Waals surface area contributed by atoms with E-state index in [2.05, 4.69) is 41.2 Å². The molecule has 0 aromatic carbocycles. The molecule has 0 N–H and O–H groups in total. The Kier molecular flexibility index (Phi) is 19.8. The first kappa shape index (κ1) is 28.2. The fraction of sp³-hybridized carbons (Fsp3) is 0.857. The minimum absolute atomic E-state index is 0.894. The van der Waals surface area contributed by atoms with E-state index in [1.54, 1.807) is 5.56 Å². The third kappa shape index (κ3) is 15.9. The van der Waals surface area contributed by atoms with Gasteiger partial charge in [0.2, 0.25) is 0 Å². The molecule has 0 fully saturated rings. The number of unbranched alkanes of at least 4 members (excludes halogenated alkanes) is 16. The molecule has 0 radical (unpaired) electrons. The molecule has 1 heterocycles. The molecule has 0 bridgehead atoms. The normalized spacial score (nSPS) is 12.5. The van der Waals surface area contributed by atoms with Crippen molar-refractivity contribution in [3.63, 3.8) is 0 Å². The van der Waals surface area contributed by atoms with Crippen molar-refractivity contribution in [2.75, 3.05) is 0 Å². The van der Waals surface area contributed by atoms with Gasteiger partial charge in [-0.25, -0.2) is 0 Å². The van der Waals surface area contributed by atoms with Crippen molar-refractivity contribution in [1.82, 2.24) is 0 Å². The second kappa shape index (κ2) is 21.0. The number of rotatable bonds is 22. The summed E-state index contributed by atoms with van der Waals surface area (Å²) in [6.07, 6.45) is 30.1. The van der Waals surface area contributed by atoms with Crippen LogP contribution in [0.1, 0.15) is 148 Å². The summed E-state index contributed by atoms with van der Waals surface area (Å²) < 4.78 is 1.37. The average molecular weight is 500 g/mol. The lowest BCUT2D eigenvalue weighted by Crippen LogP contribution is -2.05. The van der Waals surface area contributed by atoms with E-state index < -0.39 is 0 Å². The molecule has 1 aromatic heterocycles. The van der Waals surface area contributed by atoms with Crippen molar-refractivity contribution >= 4 is 27.3 Å². The molecule has 1 aromatic rings. The van der Waals surface area contributed by atoms with Gasteiger partial charge >= 0.3 is 0 Å². The lowest BCUT2D eigenvalue weighted by atomic mass is 9.89. The predicted molar refractivity (Wildman–Crippen MR) is 143 cm³/mol. The fourth-order valence-corrected chi connectivity index (χ4v) is 5.88. The highest BCUT2D eigenvalue weighted by atomic mass is 79.9. The first-order chi connectivity index (χ1) is 14.8. The predicted octanol–water partition coefficient (Wildman–Crippen LogP) is 11.5. The van der Waals surface area contributed by atoms with Crippen LogP contribution in [-0.4, -0.2) is 0 Å². The minimum atomic E-state index is 0.894. The van der Waals surface area contributed by atoms with Crippen molar-refractivity contribution < 1.29 is 0 Å². The Bertz CT molecular complexity index is 467. The Morgan fingerprint density at radius 3 is 1.40 bits per heavy atom. The summed E-state index contributed by atoms with van der Waals surface area (Å²) in [5, 5.41) is 2.24. The van der Waals surface area contributed by atoms with Gasteiger partial charge in [0.1, 0.15) is 0 Å². The zero-order valence-corrected chi connectivity index (χ0v) is 22.8. The van der Waals surface area contributed by atoms with Gasteiger partial charge in [-0.1, -0.05) is 142 Å². The van der Waals surface area contributed by atoms with Crippen LogP contribution in [0.2, 0.25) is 0 Å². The lowest BCUT2D eigenvalue weighted by molar-refractivity contribution is 0.400. The summed E-state index contributed by atoms with van der Waals surface area (Å²) in [6, 6.07) is 2.34. The molecule has 2 heteroatoms. The highest BCUT2D eigenvalue weighted by Crippen LogP contribution is 2.30. The molecule has 0 aliphatic carbocycles. The number of halogens is 1. The minimum Gasteiger partial charge on any atom is -0.137 e. The standard InChI is InChI=1S/C28H51BrS/c1-3-5-7-9-11-13-14-16-18-20-22-26(25-27-23-24-30-28(27)29)21-19-17-15-12-10-8-6-4-2/h23-24,26H,3-22,25H2,1-2H3. The Labute approximate surface area is 202 Å². The van der Waals surface area contributed by atoms with Gasteiger partial charge in [-0.15, -0.1) is 11.3 Å². The maximum absolute atomic E-state index is 3.77. The molecule has 0 aliphatic rings. The zero-order valence-electron chi connectivity index (χ0n) is 20.4. The van der Waals surface area contributed by atoms with E-state index in [0.29, 0.717) is 0 Å². The molecule has 176 valence electrons. The van der Waals surface area contributed by atoms with E-state index in [1.807, 2.05) is 11.3 Å². The van der Waals surface area contributed by atoms with E-state index in [-0.39, 0.29) is 0 Å². The molecule has 30 heavy (non-hydrogen) atoms. The largest absolute Gasteiger partial charge is 0.137 e. The second-order valence-corrected chi connectivity index (χ2v) is 11.8. The Balaban J connectivity index is 2.14. The fourth-order valence-electron chi connectivity index (χ4n) is 4.61. The van der Waals surface area contributed by atoms with E-state index >= 15 is 0 Å². The van der Waals surface area contributed by atoms with Gasteiger partial charge in [0.05, 0.1) is 3.79 Å². The molecule has 0 amide bonds. The Morgan fingerprint density at radius 1 is 0.633 bits per heavy atom. The molecule has 0 saturated carbocycles. The maximum Gasteiger partial charge on any atom is 0.0730 e. The molecule has 1 rings (SSSR count). The van der Waals surface area contributed by atoms with Crippen LogP contribution in [-0.2, 0) is 6.42 Å². The van der Waals surface area contributed by atoms with E-state index in [9.17, 15) is 0 Å². The summed E-state index contributed by atoms with van der Waals surface area (Å²) >= 11 is 5.62. The molecule has 1 unspecified atom stereocenters. The van der Waals surface area contributed by atoms with Crippen LogP contribution in [0.3, 0.4) is 0 Å². The third-order valence-electron chi connectivity index (χ3n) is 6.63. The summed E-state index contributed by atoms with van der Waals surface area (Å²) in [5.41, 5.74) is 1.55. The van der Waals surface area contributed by atoms with Gasteiger partial charge < -0.3 is 0 Å². The van der Waals surface area contributed by atoms with Crippen LogP contribution < -0.4 is 0 Å². The van der Waals surface area contributed by atoms with Gasteiger partial charge in [0, 0.05) is 0 Å². The van der Waals surface area contributed by atoms with Crippen LogP contribution >= 0.6 is 27.3 Å². The van der Waals surface area contributed by atoms with Crippen LogP contribution in [0.4, 0.5) is 0 Å². The van der Waals surface area contributed by atoms with E-state index in [0.717, 1.165) is 5.92 Å². The summed E-state index contributed by atoms with van der Waals surface area (Å²) in [4.78, 5) is 0. The van der Waals surface area contributed by atoms with E-state index in [1.165, 1.54) is 139 Å². The summed E-state index contributed by atoms with van der Waals surface area (Å²) in [7, 11) is 0. The first-order valence-electron chi connectivity index (χ1n) is 13.5. The number of thiophene rings is 1. The Hall–Kier alpha value is 0.180. The summed E-state index contributed by atoms with van der Waals surface area (Å²) in [6.45, 7) is 4.61. The van der Waals surface area contributed by atoms with Gasteiger partial charge in [-0.2, -0.15) is 0 Å². The summed E-state index contributed by atoms with van der Waals surface area (Å²) in [5.74, 6) is 0.894. The average Bonchev–Trinajstić information content (AvgIpc) is 3.15. The molecule has 1 atom stereocenters. The van der Waals surface area contributed by atoms with Crippen molar-refractivity contribution in [3.8, 4) is 0 Å². The van der Waals surface area contributed by atoms with Crippen molar-refractivity contribution in [3.05, 3.63) is 20.8 Å². The molecular formula is C28H51BrS. The van der Waals surface area contributed by atoms with Gasteiger partial charge in [0.15, 0.2) is 0 Å². The van der Waals surface area contributed by atoms with Crippen molar-refractivity contribution in [2.24, 2.45) is 5.92 Å². The number of hydrogen-bond donors (Lipinski definition) is 0. The van der Waals surface area contributed by atoms with Gasteiger partial charge in [0.25, 0.3) is 0 Å². The first-order valence-corrected chi connectivity index (χ1v) is 15.2. The zero-order chi connectivity index (χ0) is 21.7. The van der Waals surface area contributed by atoms with Gasteiger partial charge in [-0.3, -0.25) is 0 Å². The maximum atomic E-state index is 3.77. The molecule has 0 spiro atoms. The third-order valence-corrected chi connectivity index (χ3v) is 8.44. The molecule has 0 aliphatic heterocycles. The highest BCUT2D eigenvalue weighted by molar-refractivity contribution is 9.11.